The molecule has 0 aliphatic carbocycles. The van der Waals surface area contributed by atoms with Gasteiger partial charge in [0, 0.05) is 25.8 Å². The molecule has 0 rings (SSSR count). The van der Waals surface area contributed by atoms with E-state index in [1.54, 1.807) is 14.0 Å². The van der Waals surface area contributed by atoms with Crippen molar-refractivity contribution in [3.8, 4) is 0 Å². The highest BCUT2D eigenvalue weighted by Crippen LogP contribution is 1.93. The first-order chi connectivity index (χ1) is 7.22. The molecule has 0 aliphatic rings. The van der Waals surface area contributed by atoms with Crippen LogP contribution >= 0.6 is 0 Å². The highest BCUT2D eigenvalue weighted by atomic mass is 16.5. The molecule has 0 aliphatic heterocycles. The van der Waals surface area contributed by atoms with Gasteiger partial charge in [-0.1, -0.05) is 6.58 Å². The van der Waals surface area contributed by atoms with Crippen LogP contribution in [-0.2, 0) is 14.3 Å². The third kappa shape index (κ3) is 8.15. The van der Waals surface area contributed by atoms with Crippen LogP contribution in [-0.4, -0.2) is 39.4 Å². The van der Waals surface area contributed by atoms with Crippen LogP contribution in [0.4, 0.5) is 0 Å². The lowest BCUT2D eigenvalue weighted by Crippen LogP contribution is -2.22. The Morgan fingerprint density at radius 3 is 2.73 bits per heavy atom. The van der Waals surface area contributed by atoms with Gasteiger partial charge in [-0.25, -0.2) is 4.79 Å². The fraction of sp³-hybridized carbons (Fsp3) is 0.727. The Morgan fingerprint density at radius 2 is 2.13 bits per heavy atom. The fourth-order valence-electron chi connectivity index (χ4n) is 1.04. The van der Waals surface area contributed by atoms with E-state index in [-0.39, 0.29) is 5.97 Å². The van der Waals surface area contributed by atoms with Crippen LogP contribution in [0.1, 0.15) is 19.8 Å². The summed E-state index contributed by atoms with van der Waals surface area (Å²) in [6.45, 7) is 7.95. The summed E-state index contributed by atoms with van der Waals surface area (Å²) in [5, 5.41) is 3.13. The average Bonchev–Trinajstić information content (AvgIpc) is 2.23. The number of unbranched alkanes of at least 4 members (excludes halogenated alkanes) is 1. The fourth-order valence-corrected chi connectivity index (χ4v) is 1.04. The third-order valence-electron chi connectivity index (χ3n) is 1.85. The first kappa shape index (κ1) is 14.1. The van der Waals surface area contributed by atoms with Crippen molar-refractivity contribution in [2.24, 2.45) is 0 Å². The Kier molecular flexibility index (Phi) is 9.11. The van der Waals surface area contributed by atoms with E-state index in [0.29, 0.717) is 18.7 Å². The van der Waals surface area contributed by atoms with Gasteiger partial charge in [-0.2, -0.15) is 0 Å². The minimum absolute atomic E-state index is 0.318. The molecular formula is C11H21NO3. The molecule has 0 bridgehead atoms. The predicted octanol–water partition coefficient (Wildman–Crippen LogP) is 1.12. The largest absolute Gasteiger partial charge is 0.463 e. The zero-order valence-electron chi connectivity index (χ0n) is 9.67. The van der Waals surface area contributed by atoms with Crippen molar-refractivity contribution in [1.82, 2.24) is 5.32 Å². The van der Waals surface area contributed by atoms with Crippen LogP contribution < -0.4 is 5.32 Å². The second-order valence-electron chi connectivity index (χ2n) is 3.20. The number of hydrogen-bond acceptors (Lipinski definition) is 4. The van der Waals surface area contributed by atoms with Gasteiger partial charge >= 0.3 is 5.97 Å². The Balaban J connectivity index is 3.35. The topological polar surface area (TPSA) is 47.6 Å². The van der Waals surface area contributed by atoms with Crippen molar-refractivity contribution < 1.29 is 14.3 Å². The second kappa shape index (κ2) is 9.68. The van der Waals surface area contributed by atoms with Gasteiger partial charge in [0.1, 0.15) is 0 Å². The molecule has 0 atom stereocenters. The summed E-state index contributed by atoms with van der Waals surface area (Å²) in [5.41, 5.74) is 0.476. The van der Waals surface area contributed by atoms with Crippen LogP contribution in [0.2, 0.25) is 0 Å². The number of rotatable bonds is 9. The molecule has 0 radical (unpaired) electrons. The number of methoxy groups -OCH3 is 1. The molecule has 4 heteroatoms. The van der Waals surface area contributed by atoms with Crippen molar-refractivity contribution in [2.45, 2.75) is 19.8 Å². The Morgan fingerprint density at radius 1 is 1.40 bits per heavy atom. The van der Waals surface area contributed by atoms with Crippen molar-refractivity contribution >= 4 is 5.97 Å². The van der Waals surface area contributed by atoms with Gasteiger partial charge in [0.15, 0.2) is 0 Å². The summed E-state index contributed by atoms with van der Waals surface area (Å²) < 4.78 is 9.72. The van der Waals surface area contributed by atoms with Crippen LogP contribution in [0.15, 0.2) is 12.2 Å². The first-order valence-electron chi connectivity index (χ1n) is 5.27. The van der Waals surface area contributed by atoms with E-state index in [4.69, 9.17) is 9.47 Å². The number of hydrogen-bond donors (Lipinski definition) is 1. The van der Waals surface area contributed by atoms with E-state index in [0.717, 1.165) is 26.0 Å². The van der Waals surface area contributed by atoms with Gasteiger partial charge in [0.05, 0.1) is 6.61 Å². The van der Waals surface area contributed by atoms with Gasteiger partial charge in [-0.3, -0.25) is 0 Å². The quantitative estimate of drug-likeness (QED) is 0.356. The Hall–Kier alpha value is -0.870. The van der Waals surface area contributed by atoms with Crippen molar-refractivity contribution in [3.63, 3.8) is 0 Å². The van der Waals surface area contributed by atoms with Gasteiger partial charge in [-0.05, 0) is 26.3 Å². The summed E-state index contributed by atoms with van der Waals surface area (Å²) >= 11 is 0. The molecule has 0 aromatic rings. The number of carbonyl (C=O) groups is 1. The summed E-state index contributed by atoms with van der Waals surface area (Å²) in [4.78, 5) is 11.1. The Bertz CT molecular complexity index is 192. The lowest BCUT2D eigenvalue weighted by Gasteiger charge is -2.06. The molecule has 0 saturated heterocycles. The van der Waals surface area contributed by atoms with Crippen LogP contribution in [0.3, 0.4) is 0 Å². The van der Waals surface area contributed by atoms with Gasteiger partial charge in [-0.15, -0.1) is 0 Å². The molecule has 0 spiro atoms. The lowest BCUT2D eigenvalue weighted by molar-refractivity contribution is -0.138. The van der Waals surface area contributed by atoms with Gasteiger partial charge < -0.3 is 14.8 Å². The minimum atomic E-state index is -0.318. The molecule has 0 aromatic heterocycles. The maximum Gasteiger partial charge on any atom is 0.334 e. The highest BCUT2D eigenvalue weighted by molar-refractivity contribution is 5.88. The standard InChI is InChI=1S/C11H21NO3/c1-4-15-11(13)10(2)9-12-7-5-6-8-14-3/h12H,2,4-9H2,1,3H3. The molecule has 0 unspecified atom stereocenters. The zero-order chi connectivity index (χ0) is 11.5. The third-order valence-corrected chi connectivity index (χ3v) is 1.85. The summed E-state index contributed by atoms with van der Waals surface area (Å²) in [5.74, 6) is -0.318. The van der Waals surface area contributed by atoms with Crippen molar-refractivity contribution in [3.05, 3.63) is 12.2 Å². The van der Waals surface area contributed by atoms with E-state index < -0.39 is 0 Å². The highest BCUT2D eigenvalue weighted by Gasteiger charge is 2.05. The van der Waals surface area contributed by atoms with E-state index in [9.17, 15) is 4.79 Å². The molecule has 15 heavy (non-hydrogen) atoms. The van der Waals surface area contributed by atoms with Crippen molar-refractivity contribution in [2.75, 3.05) is 33.4 Å². The smallest absolute Gasteiger partial charge is 0.334 e. The van der Waals surface area contributed by atoms with Gasteiger partial charge in [0.25, 0.3) is 0 Å². The number of esters is 1. The average molecular weight is 215 g/mol. The summed E-state index contributed by atoms with van der Waals surface area (Å²) in [7, 11) is 1.69. The van der Waals surface area contributed by atoms with Gasteiger partial charge in [0.2, 0.25) is 0 Å². The first-order valence-corrected chi connectivity index (χ1v) is 5.27. The minimum Gasteiger partial charge on any atom is -0.463 e. The molecule has 0 aromatic carbocycles. The van der Waals surface area contributed by atoms with Crippen LogP contribution in [0.25, 0.3) is 0 Å². The molecule has 0 saturated carbocycles. The van der Waals surface area contributed by atoms with E-state index in [1.165, 1.54) is 0 Å². The molecule has 0 fully saturated rings. The molecule has 4 nitrogen and oxygen atoms in total. The number of ether oxygens (including phenoxy) is 2. The van der Waals surface area contributed by atoms with E-state index in [1.807, 2.05) is 0 Å². The Labute approximate surface area is 91.6 Å². The second-order valence-corrected chi connectivity index (χ2v) is 3.20. The number of carbonyl (C=O) groups excluding carboxylic acids is 1. The maximum absolute atomic E-state index is 11.1. The predicted molar refractivity (Wildman–Crippen MR) is 59.8 cm³/mol. The molecular weight excluding hydrogens is 194 g/mol. The normalized spacial score (nSPS) is 10.0. The molecule has 88 valence electrons. The lowest BCUT2D eigenvalue weighted by atomic mass is 10.3. The van der Waals surface area contributed by atoms with Crippen LogP contribution in [0.5, 0.6) is 0 Å². The van der Waals surface area contributed by atoms with Crippen LogP contribution in [0, 0.1) is 0 Å². The molecule has 0 heterocycles. The molecule has 0 amide bonds. The van der Waals surface area contributed by atoms with E-state index in [2.05, 4.69) is 11.9 Å². The monoisotopic (exact) mass is 215 g/mol. The van der Waals surface area contributed by atoms with Crippen molar-refractivity contribution in [1.29, 1.82) is 0 Å². The summed E-state index contributed by atoms with van der Waals surface area (Å²) in [6, 6.07) is 0. The molecule has 1 N–H and O–H groups in total. The SMILES string of the molecule is C=C(CNCCCCOC)C(=O)OCC. The van der Waals surface area contributed by atoms with E-state index >= 15 is 0 Å². The number of nitrogens with one attached hydrogen (secondary N) is 1. The maximum atomic E-state index is 11.1. The zero-order valence-corrected chi connectivity index (χ0v) is 9.67. The summed E-state index contributed by atoms with van der Waals surface area (Å²) in [6.07, 6.45) is 2.05.